The van der Waals surface area contributed by atoms with E-state index >= 15 is 0 Å². The van der Waals surface area contributed by atoms with E-state index in [0.29, 0.717) is 25.9 Å². The summed E-state index contributed by atoms with van der Waals surface area (Å²) in [6.45, 7) is 4.63. The normalized spacial score (nSPS) is 20.5. The summed E-state index contributed by atoms with van der Waals surface area (Å²) in [5, 5.41) is 14.1. The van der Waals surface area contributed by atoms with Gasteiger partial charge in [-0.3, -0.25) is 9.59 Å². The van der Waals surface area contributed by atoms with Crippen molar-refractivity contribution in [1.29, 1.82) is 0 Å². The van der Waals surface area contributed by atoms with Crippen LogP contribution in [-0.2, 0) is 9.59 Å². The van der Waals surface area contributed by atoms with Gasteiger partial charge in [0.05, 0.1) is 5.92 Å². The van der Waals surface area contributed by atoms with Crippen molar-refractivity contribution in [2.45, 2.75) is 32.7 Å². The summed E-state index contributed by atoms with van der Waals surface area (Å²) in [6.07, 6.45) is 1.25. The van der Waals surface area contributed by atoms with Crippen LogP contribution in [0.4, 0.5) is 4.79 Å². The average molecular weight is 271 g/mol. The predicted octanol–water partition coefficient (Wildman–Crippen LogP) is 0.0172. The van der Waals surface area contributed by atoms with Crippen molar-refractivity contribution in [2.24, 2.45) is 5.92 Å². The van der Waals surface area contributed by atoms with E-state index in [0.717, 1.165) is 0 Å². The van der Waals surface area contributed by atoms with Crippen molar-refractivity contribution < 1.29 is 19.5 Å². The predicted molar refractivity (Wildman–Crippen MR) is 68.6 cm³/mol. The molecule has 1 heterocycles. The molecular formula is C12H21N3O4. The summed E-state index contributed by atoms with van der Waals surface area (Å²) in [4.78, 5) is 35.8. The van der Waals surface area contributed by atoms with Crippen LogP contribution in [0.3, 0.4) is 0 Å². The lowest BCUT2D eigenvalue weighted by Gasteiger charge is -2.31. The van der Waals surface area contributed by atoms with Gasteiger partial charge in [0.15, 0.2) is 0 Å². The van der Waals surface area contributed by atoms with Crippen molar-refractivity contribution in [3.05, 3.63) is 0 Å². The minimum atomic E-state index is -0.880. The third-order valence-corrected chi connectivity index (χ3v) is 3.14. The van der Waals surface area contributed by atoms with Gasteiger partial charge in [0.1, 0.15) is 6.04 Å². The number of likely N-dealkylation sites (N-methyl/N-ethyl adjacent to an activating group) is 1. The maximum Gasteiger partial charge on any atom is 0.318 e. The highest BCUT2D eigenvalue weighted by molar-refractivity contribution is 5.86. The Bertz CT molecular complexity index is 359. The highest BCUT2D eigenvalue weighted by Crippen LogP contribution is 2.16. The molecule has 1 aliphatic heterocycles. The second kappa shape index (κ2) is 6.96. The Hall–Kier alpha value is -1.79. The molecule has 0 aromatic carbocycles. The second-order valence-corrected chi connectivity index (χ2v) is 4.69. The van der Waals surface area contributed by atoms with Crippen LogP contribution in [-0.4, -0.2) is 53.6 Å². The largest absolute Gasteiger partial charge is 0.481 e. The number of hydrogen-bond donors (Lipinski definition) is 3. The first kappa shape index (κ1) is 15.3. The topological polar surface area (TPSA) is 98.7 Å². The summed E-state index contributed by atoms with van der Waals surface area (Å²) in [6, 6.07) is -1.01. The van der Waals surface area contributed by atoms with E-state index in [-0.39, 0.29) is 18.5 Å². The second-order valence-electron chi connectivity index (χ2n) is 4.69. The summed E-state index contributed by atoms with van der Waals surface area (Å²) in [7, 11) is 0. The van der Waals surface area contributed by atoms with E-state index in [1.807, 2.05) is 0 Å². The smallest absolute Gasteiger partial charge is 0.318 e. The molecule has 0 radical (unpaired) electrons. The monoisotopic (exact) mass is 271 g/mol. The van der Waals surface area contributed by atoms with Crippen LogP contribution in [0.5, 0.6) is 0 Å². The molecule has 3 amide bonds. The van der Waals surface area contributed by atoms with Crippen LogP contribution in [0.2, 0.25) is 0 Å². The number of amides is 3. The fourth-order valence-corrected chi connectivity index (χ4v) is 2.03. The molecule has 1 fully saturated rings. The first-order valence-electron chi connectivity index (χ1n) is 6.51. The first-order chi connectivity index (χ1) is 8.95. The molecule has 2 atom stereocenters. The number of carboxylic acids is 1. The summed E-state index contributed by atoms with van der Waals surface area (Å²) < 4.78 is 0. The van der Waals surface area contributed by atoms with Crippen LogP contribution in [0.1, 0.15) is 26.7 Å². The fraction of sp³-hybridized carbons (Fsp3) is 0.750. The Morgan fingerprint density at radius 2 is 2.11 bits per heavy atom. The van der Waals surface area contributed by atoms with E-state index in [9.17, 15) is 14.4 Å². The Balaban J connectivity index is 2.48. The number of carbonyl (C=O) groups excluding carboxylic acids is 2. The molecular weight excluding hydrogens is 250 g/mol. The quantitative estimate of drug-likeness (QED) is 0.671. The molecule has 0 saturated carbocycles. The third-order valence-electron chi connectivity index (χ3n) is 3.14. The zero-order valence-electron chi connectivity index (χ0n) is 11.3. The molecule has 0 bridgehead atoms. The number of carboxylic acid groups (broad SMARTS) is 1. The Morgan fingerprint density at radius 1 is 1.42 bits per heavy atom. The number of nitrogens with zero attached hydrogens (tertiary/aromatic N) is 1. The molecule has 0 aliphatic carbocycles. The van der Waals surface area contributed by atoms with Gasteiger partial charge in [-0.1, -0.05) is 0 Å². The highest BCUT2D eigenvalue weighted by Gasteiger charge is 2.29. The summed E-state index contributed by atoms with van der Waals surface area (Å²) in [5.41, 5.74) is 0. The SMILES string of the molecule is CCNC(=O)C(C)NC(=O)N1CCC[C@H](C(=O)O)C1. The van der Waals surface area contributed by atoms with Gasteiger partial charge in [-0.15, -0.1) is 0 Å². The van der Waals surface area contributed by atoms with Crippen molar-refractivity contribution >= 4 is 17.9 Å². The number of piperidine rings is 1. The van der Waals surface area contributed by atoms with E-state index < -0.39 is 17.9 Å². The zero-order chi connectivity index (χ0) is 14.4. The van der Waals surface area contributed by atoms with Gasteiger partial charge in [-0.2, -0.15) is 0 Å². The molecule has 1 unspecified atom stereocenters. The van der Waals surface area contributed by atoms with Gasteiger partial charge in [-0.05, 0) is 26.7 Å². The molecule has 1 aliphatic rings. The number of nitrogens with one attached hydrogen (secondary N) is 2. The van der Waals surface area contributed by atoms with Crippen molar-refractivity contribution in [1.82, 2.24) is 15.5 Å². The van der Waals surface area contributed by atoms with Gasteiger partial charge < -0.3 is 20.6 Å². The number of aliphatic carboxylic acids is 1. The Labute approximate surface area is 112 Å². The average Bonchev–Trinajstić information content (AvgIpc) is 2.39. The van der Waals surface area contributed by atoms with Crippen LogP contribution in [0, 0.1) is 5.92 Å². The molecule has 19 heavy (non-hydrogen) atoms. The number of rotatable bonds is 4. The molecule has 0 aromatic rings. The molecule has 0 spiro atoms. The lowest BCUT2D eigenvalue weighted by molar-refractivity contribution is -0.143. The van der Waals surface area contributed by atoms with E-state index in [2.05, 4.69) is 10.6 Å². The number of hydrogen-bond acceptors (Lipinski definition) is 3. The maximum atomic E-state index is 11.9. The van der Waals surface area contributed by atoms with Gasteiger partial charge >= 0.3 is 12.0 Å². The lowest BCUT2D eigenvalue weighted by Crippen LogP contribution is -2.52. The molecule has 1 rings (SSSR count). The van der Waals surface area contributed by atoms with E-state index in [1.165, 1.54) is 4.90 Å². The summed E-state index contributed by atoms with van der Waals surface area (Å²) in [5.74, 6) is -1.64. The van der Waals surface area contributed by atoms with Gasteiger partial charge in [0, 0.05) is 19.6 Å². The molecule has 3 N–H and O–H groups in total. The Kier molecular flexibility index (Phi) is 5.59. The Morgan fingerprint density at radius 3 is 2.68 bits per heavy atom. The van der Waals surface area contributed by atoms with Crippen molar-refractivity contribution in [3.63, 3.8) is 0 Å². The molecule has 1 saturated heterocycles. The standard InChI is InChI=1S/C12H21N3O4/c1-3-13-10(16)8(2)14-12(19)15-6-4-5-9(7-15)11(17)18/h8-9H,3-7H2,1-2H3,(H,13,16)(H,14,19)(H,17,18)/t8?,9-/m0/s1. The first-order valence-corrected chi connectivity index (χ1v) is 6.51. The van der Waals surface area contributed by atoms with Gasteiger partial charge in [0.25, 0.3) is 0 Å². The van der Waals surface area contributed by atoms with Crippen molar-refractivity contribution in [2.75, 3.05) is 19.6 Å². The van der Waals surface area contributed by atoms with Crippen LogP contribution >= 0.6 is 0 Å². The minimum absolute atomic E-state index is 0.198. The van der Waals surface area contributed by atoms with Gasteiger partial charge in [0.2, 0.25) is 5.91 Å². The molecule has 0 aromatic heterocycles. The third kappa shape index (κ3) is 4.42. The molecule has 7 nitrogen and oxygen atoms in total. The zero-order valence-corrected chi connectivity index (χ0v) is 11.3. The van der Waals surface area contributed by atoms with Crippen LogP contribution < -0.4 is 10.6 Å². The minimum Gasteiger partial charge on any atom is -0.481 e. The van der Waals surface area contributed by atoms with Crippen LogP contribution in [0.15, 0.2) is 0 Å². The molecule has 7 heteroatoms. The highest BCUT2D eigenvalue weighted by atomic mass is 16.4. The van der Waals surface area contributed by atoms with E-state index in [4.69, 9.17) is 5.11 Å². The number of likely N-dealkylation sites (tertiary alicyclic amines) is 1. The maximum absolute atomic E-state index is 11.9. The van der Waals surface area contributed by atoms with Crippen LogP contribution in [0.25, 0.3) is 0 Å². The van der Waals surface area contributed by atoms with Gasteiger partial charge in [-0.25, -0.2) is 4.79 Å². The lowest BCUT2D eigenvalue weighted by atomic mass is 9.99. The number of carbonyl (C=O) groups is 3. The number of urea groups is 1. The summed E-state index contributed by atoms with van der Waals surface area (Å²) >= 11 is 0. The van der Waals surface area contributed by atoms with E-state index in [1.54, 1.807) is 13.8 Å². The fourth-order valence-electron chi connectivity index (χ4n) is 2.03. The van der Waals surface area contributed by atoms with Crippen molar-refractivity contribution in [3.8, 4) is 0 Å². The molecule has 108 valence electrons.